The van der Waals surface area contributed by atoms with Gasteiger partial charge in [0.05, 0.1) is 0 Å². The van der Waals surface area contributed by atoms with Crippen LogP contribution in [0.4, 0.5) is 0 Å². The van der Waals surface area contributed by atoms with E-state index in [-0.39, 0.29) is 5.91 Å². The van der Waals surface area contributed by atoms with E-state index in [0.29, 0.717) is 6.54 Å². The van der Waals surface area contributed by atoms with Crippen LogP contribution < -0.4 is 5.32 Å². The first-order valence-electron chi connectivity index (χ1n) is 4.40. The largest absolute Gasteiger partial charge is 0.338 e. The zero-order valence-electron chi connectivity index (χ0n) is 8.25. The zero-order valence-corrected chi connectivity index (χ0v) is 8.25. The van der Waals surface area contributed by atoms with E-state index >= 15 is 0 Å². The number of rotatable bonds is 7. The quantitative estimate of drug-likeness (QED) is 0.466. The summed E-state index contributed by atoms with van der Waals surface area (Å²) in [4.78, 5) is 12.8. The molecule has 0 aliphatic heterocycles. The number of nitrogens with zero attached hydrogens (tertiary/aromatic N) is 1. The summed E-state index contributed by atoms with van der Waals surface area (Å²) in [5.41, 5.74) is 0. The van der Waals surface area contributed by atoms with Crippen LogP contribution in [0.2, 0.25) is 0 Å². The average molecular weight is 182 g/mol. The molecule has 0 aromatic rings. The van der Waals surface area contributed by atoms with E-state index < -0.39 is 0 Å². The van der Waals surface area contributed by atoms with Gasteiger partial charge in [0.2, 0.25) is 5.91 Å². The second-order valence-corrected chi connectivity index (χ2v) is 2.75. The minimum absolute atomic E-state index is 0.0836. The predicted octanol–water partition coefficient (Wildman–Crippen LogP) is 0.796. The highest BCUT2D eigenvalue weighted by atomic mass is 16.2. The number of amides is 1. The molecule has 0 radical (unpaired) electrons. The molecule has 0 aromatic heterocycles. The zero-order chi connectivity index (χ0) is 10.1. The van der Waals surface area contributed by atoms with Crippen molar-refractivity contribution in [3.05, 3.63) is 25.3 Å². The maximum Gasteiger partial charge on any atom is 0.219 e. The lowest BCUT2D eigenvalue weighted by molar-refractivity contribution is -0.128. The molecule has 1 amide bonds. The van der Waals surface area contributed by atoms with E-state index in [0.717, 1.165) is 19.6 Å². The molecule has 0 aliphatic carbocycles. The summed E-state index contributed by atoms with van der Waals surface area (Å²) in [5.74, 6) is 0.0836. The van der Waals surface area contributed by atoms with Gasteiger partial charge in [-0.1, -0.05) is 12.2 Å². The van der Waals surface area contributed by atoms with Crippen LogP contribution in [-0.2, 0) is 4.79 Å². The molecule has 0 heterocycles. The third-order valence-electron chi connectivity index (χ3n) is 1.64. The minimum atomic E-state index is 0.0836. The molecule has 13 heavy (non-hydrogen) atoms. The van der Waals surface area contributed by atoms with Crippen molar-refractivity contribution >= 4 is 5.91 Å². The fourth-order valence-corrected chi connectivity index (χ4v) is 0.951. The highest BCUT2D eigenvalue weighted by molar-refractivity contribution is 5.73. The molecular weight excluding hydrogens is 164 g/mol. The van der Waals surface area contributed by atoms with Gasteiger partial charge in [-0.25, -0.2) is 0 Å². The number of carbonyl (C=O) groups excluding carboxylic acids is 1. The molecule has 0 spiro atoms. The molecule has 0 atom stereocenters. The number of hydrogen-bond donors (Lipinski definition) is 1. The van der Waals surface area contributed by atoms with Crippen LogP contribution in [0.3, 0.4) is 0 Å². The van der Waals surface area contributed by atoms with Gasteiger partial charge in [0.25, 0.3) is 0 Å². The standard InChI is InChI=1S/C10H18N2O/c1-4-6-11-7-9-12(8-5-2)10(3)13/h4-5,11H,1-2,6-9H2,3H3. The van der Waals surface area contributed by atoms with Crippen molar-refractivity contribution in [2.24, 2.45) is 0 Å². The Labute approximate surface area is 80.1 Å². The van der Waals surface area contributed by atoms with Crippen molar-refractivity contribution in [2.45, 2.75) is 6.92 Å². The molecule has 0 aromatic carbocycles. The second-order valence-electron chi connectivity index (χ2n) is 2.75. The predicted molar refractivity (Wildman–Crippen MR) is 55.5 cm³/mol. The summed E-state index contributed by atoms with van der Waals surface area (Å²) < 4.78 is 0. The molecule has 3 heteroatoms. The lowest BCUT2D eigenvalue weighted by Crippen LogP contribution is -2.35. The van der Waals surface area contributed by atoms with Crippen LogP contribution >= 0.6 is 0 Å². The number of hydrogen-bond acceptors (Lipinski definition) is 2. The van der Waals surface area contributed by atoms with Crippen LogP contribution in [0.5, 0.6) is 0 Å². The van der Waals surface area contributed by atoms with Gasteiger partial charge in [-0.15, -0.1) is 13.2 Å². The molecule has 0 rings (SSSR count). The Hall–Kier alpha value is -1.09. The highest BCUT2D eigenvalue weighted by Gasteiger charge is 2.04. The normalized spacial score (nSPS) is 9.31. The molecule has 0 unspecified atom stereocenters. The first-order chi connectivity index (χ1) is 6.22. The van der Waals surface area contributed by atoms with Gasteiger partial charge in [0.15, 0.2) is 0 Å². The first-order valence-corrected chi connectivity index (χ1v) is 4.40. The maximum absolute atomic E-state index is 11.0. The molecule has 0 saturated heterocycles. The van der Waals surface area contributed by atoms with Crippen LogP contribution in [-0.4, -0.2) is 37.0 Å². The summed E-state index contributed by atoms with van der Waals surface area (Å²) in [6.45, 7) is 11.7. The van der Waals surface area contributed by atoms with Crippen molar-refractivity contribution in [1.29, 1.82) is 0 Å². The lowest BCUT2D eigenvalue weighted by atomic mass is 10.4. The SMILES string of the molecule is C=CCNCCN(CC=C)C(C)=O. The van der Waals surface area contributed by atoms with E-state index in [9.17, 15) is 4.79 Å². The summed E-state index contributed by atoms with van der Waals surface area (Å²) in [6, 6.07) is 0. The van der Waals surface area contributed by atoms with E-state index in [1.807, 2.05) is 0 Å². The van der Waals surface area contributed by atoms with Gasteiger partial charge in [-0.3, -0.25) is 4.79 Å². The van der Waals surface area contributed by atoms with Gasteiger partial charge in [0.1, 0.15) is 0 Å². The van der Waals surface area contributed by atoms with Gasteiger partial charge in [-0.2, -0.15) is 0 Å². The Kier molecular flexibility index (Phi) is 6.92. The van der Waals surface area contributed by atoms with Crippen molar-refractivity contribution < 1.29 is 4.79 Å². The first kappa shape index (κ1) is 11.9. The Morgan fingerprint density at radius 2 is 2.15 bits per heavy atom. The van der Waals surface area contributed by atoms with Crippen LogP contribution in [0.1, 0.15) is 6.92 Å². The van der Waals surface area contributed by atoms with E-state index in [2.05, 4.69) is 18.5 Å². The van der Waals surface area contributed by atoms with Gasteiger partial charge >= 0.3 is 0 Å². The Bertz CT molecular complexity index is 178. The van der Waals surface area contributed by atoms with Crippen molar-refractivity contribution in [3.8, 4) is 0 Å². The Balaban J connectivity index is 3.62. The van der Waals surface area contributed by atoms with Crippen molar-refractivity contribution in [1.82, 2.24) is 10.2 Å². The monoisotopic (exact) mass is 182 g/mol. The molecule has 0 fully saturated rings. The Morgan fingerprint density at radius 1 is 1.46 bits per heavy atom. The smallest absolute Gasteiger partial charge is 0.219 e. The van der Waals surface area contributed by atoms with Crippen molar-refractivity contribution in [3.63, 3.8) is 0 Å². The summed E-state index contributed by atoms with van der Waals surface area (Å²) in [7, 11) is 0. The van der Waals surface area contributed by atoms with E-state index in [4.69, 9.17) is 0 Å². The second kappa shape index (κ2) is 7.55. The summed E-state index contributed by atoms with van der Waals surface area (Å²) in [5, 5.41) is 3.13. The molecule has 74 valence electrons. The molecule has 0 saturated carbocycles. The Morgan fingerprint density at radius 3 is 2.62 bits per heavy atom. The number of nitrogens with one attached hydrogen (secondary N) is 1. The maximum atomic E-state index is 11.0. The van der Waals surface area contributed by atoms with Crippen LogP contribution in [0.25, 0.3) is 0 Å². The van der Waals surface area contributed by atoms with E-state index in [1.54, 1.807) is 24.0 Å². The van der Waals surface area contributed by atoms with Crippen LogP contribution in [0.15, 0.2) is 25.3 Å². The van der Waals surface area contributed by atoms with Gasteiger partial charge in [-0.05, 0) is 0 Å². The topological polar surface area (TPSA) is 32.3 Å². The third kappa shape index (κ3) is 6.11. The third-order valence-corrected chi connectivity index (χ3v) is 1.64. The van der Waals surface area contributed by atoms with Crippen molar-refractivity contribution in [2.75, 3.05) is 26.2 Å². The molecule has 0 bridgehead atoms. The lowest BCUT2D eigenvalue weighted by Gasteiger charge is -2.18. The fraction of sp³-hybridized carbons (Fsp3) is 0.500. The highest BCUT2D eigenvalue weighted by Crippen LogP contribution is 1.88. The molecular formula is C10H18N2O. The molecule has 0 aliphatic rings. The average Bonchev–Trinajstić information content (AvgIpc) is 2.10. The summed E-state index contributed by atoms with van der Waals surface area (Å²) in [6.07, 6.45) is 3.53. The minimum Gasteiger partial charge on any atom is -0.338 e. The molecule has 1 N–H and O–H groups in total. The van der Waals surface area contributed by atoms with Gasteiger partial charge in [0, 0.05) is 33.1 Å². The summed E-state index contributed by atoms with van der Waals surface area (Å²) >= 11 is 0. The van der Waals surface area contributed by atoms with Gasteiger partial charge < -0.3 is 10.2 Å². The van der Waals surface area contributed by atoms with E-state index in [1.165, 1.54) is 0 Å². The number of carbonyl (C=O) groups is 1. The fourth-order valence-electron chi connectivity index (χ4n) is 0.951. The molecule has 3 nitrogen and oxygen atoms in total. The van der Waals surface area contributed by atoms with Crippen LogP contribution in [0, 0.1) is 0 Å².